The van der Waals surface area contributed by atoms with Crippen molar-refractivity contribution >= 4 is 17.9 Å². The van der Waals surface area contributed by atoms with Gasteiger partial charge in [-0.2, -0.15) is 0 Å². The molecule has 0 radical (unpaired) electrons. The van der Waals surface area contributed by atoms with Crippen molar-refractivity contribution in [3.05, 3.63) is 34.7 Å². The molecule has 0 bridgehead atoms. The van der Waals surface area contributed by atoms with E-state index in [1.807, 2.05) is 0 Å². The number of hydrogen-bond donors (Lipinski definition) is 4. The average Bonchev–Trinajstić information content (AvgIpc) is 3.23. The van der Waals surface area contributed by atoms with Gasteiger partial charge in [-0.25, -0.2) is 9.18 Å². The monoisotopic (exact) mass is 348 g/mol. The van der Waals surface area contributed by atoms with Crippen LogP contribution >= 0.6 is 0 Å². The van der Waals surface area contributed by atoms with Crippen molar-refractivity contribution in [2.75, 3.05) is 5.73 Å². The van der Waals surface area contributed by atoms with Gasteiger partial charge in [0.05, 0.1) is 17.5 Å². The zero-order valence-electron chi connectivity index (χ0n) is 13.7. The number of hydrogen-bond acceptors (Lipinski definition) is 5. The second-order valence-corrected chi connectivity index (χ2v) is 6.30. The maximum atomic E-state index is 14.3. The quantitative estimate of drug-likeness (QED) is 0.539. The third-order valence-electron chi connectivity index (χ3n) is 4.21. The molecule has 1 aliphatic carbocycles. The molecule has 8 nitrogen and oxygen atoms in total. The number of halogens is 1. The van der Waals surface area contributed by atoms with E-state index in [2.05, 4.69) is 15.3 Å². The number of nitrogens with two attached hydrogens (primary N) is 2. The van der Waals surface area contributed by atoms with Crippen LogP contribution in [0.25, 0.3) is 6.08 Å². The van der Waals surface area contributed by atoms with Gasteiger partial charge in [-0.1, -0.05) is 5.21 Å². The first-order valence-electron chi connectivity index (χ1n) is 8.22. The number of rotatable bonds is 8. The predicted molar refractivity (Wildman–Crippen MR) is 90.1 cm³/mol. The summed E-state index contributed by atoms with van der Waals surface area (Å²) in [5.74, 6) is -0.836. The fourth-order valence-electron chi connectivity index (χ4n) is 2.69. The lowest BCUT2D eigenvalue weighted by Crippen LogP contribution is -2.02. The van der Waals surface area contributed by atoms with Gasteiger partial charge in [0.1, 0.15) is 5.82 Å². The summed E-state index contributed by atoms with van der Waals surface area (Å²) >= 11 is 0. The van der Waals surface area contributed by atoms with E-state index in [0.29, 0.717) is 35.7 Å². The van der Waals surface area contributed by atoms with Gasteiger partial charge < -0.3 is 21.6 Å². The largest absolute Gasteiger partial charge is 0.476 e. The van der Waals surface area contributed by atoms with Gasteiger partial charge in [-0.3, -0.25) is 4.68 Å². The highest BCUT2D eigenvalue weighted by Gasteiger charge is 2.30. The summed E-state index contributed by atoms with van der Waals surface area (Å²) in [6.07, 6.45) is 7.04. The summed E-state index contributed by atoms with van der Waals surface area (Å²) in [5.41, 5.74) is 13.2. The number of nitrogens with one attached hydrogen (secondary N) is 1. The van der Waals surface area contributed by atoms with E-state index < -0.39 is 5.97 Å². The predicted octanol–water partition coefficient (Wildman–Crippen LogP) is 2.07. The Morgan fingerprint density at radius 2 is 2.24 bits per heavy atom. The van der Waals surface area contributed by atoms with E-state index in [4.69, 9.17) is 16.6 Å². The molecule has 0 atom stereocenters. The number of allylic oxidation sites excluding steroid dienone is 1. The Morgan fingerprint density at radius 3 is 2.88 bits per heavy atom. The molecule has 134 valence electrons. The number of anilines is 1. The summed E-state index contributed by atoms with van der Waals surface area (Å²) in [6.45, 7) is 0.542. The van der Waals surface area contributed by atoms with Crippen LogP contribution < -0.4 is 11.5 Å². The van der Waals surface area contributed by atoms with Crippen LogP contribution in [0.3, 0.4) is 0 Å². The van der Waals surface area contributed by atoms with Gasteiger partial charge in [0.25, 0.3) is 0 Å². The number of aryl methyl sites for hydroxylation is 1. The van der Waals surface area contributed by atoms with Gasteiger partial charge in [0.15, 0.2) is 11.5 Å². The number of nitrogens with zero attached hydrogens (tertiary/aromatic N) is 3. The van der Waals surface area contributed by atoms with Crippen molar-refractivity contribution in [1.29, 1.82) is 0 Å². The normalized spacial score (nSPS) is 14.8. The number of aromatic nitrogens is 4. The van der Waals surface area contributed by atoms with E-state index in [9.17, 15) is 9.18 Å². The van der Waals surface area contributed by atoms with Crippen LogP contribution in [-0.4, -0.2) is 31.1 Å². The third kappa shape index (κ3) is 3.98. The average molecular weight is 348 g/mol. The molecular weight excluding hydrogens is 327 g/mol. The van der Waals surface area contributed by atoms with E-state index in [1.54, 1.807) is 6.08 Å². The standard InChI is InChI=1S/C16H21FN6O2/c17-13-11(15(19)20-14(13)9-4-5-9)7-10(18)3-1-2-6-23-8-12(16(24)25)21-22-23/h7-9,20H,1-6,18-19H2,(H,24,25)/b10-7-. The Kier molecular flexibility index (Phi) is 4.73. The number of unbranched alkanes of at least 4 members (excludes halogenated alkanes) is 1. The van der Waals surface area contributed by atoms with Gasteiger partial charge in [0.2, 0.25) is 0 Å². The van der Waals surface area contributed by atoms with E-state index in [1.165, 1.54) is 10.9 Å². The number of H-pyrrole nitrogens is 1. The van der Waals surface area contributed by atoms with Crippen LogP contribution in [0.2, 0.25) is 0 Å². The molecule has 2 aromatic heterocycles. The lowest BCUT2D eigenvalue weighted by Gasteiger charge is -2.03. The Labute approximate surface area is 143 Å². The fraction of sp³-hybridized carbons (Fsp3) is 0.438. The minimum absolute atomic E-state index is 0.0794. The Bertz CT molecular complexity index is 806. The summed E-state index contributed by atoms with van der Waals surface area (Å²) in [7, 11) is 0. The molecule has 25 heavy (non-hydrogen) atoms. The minimum atomic E-state index is -1.10. The Balaban J connectivity index is 1.51. The molecular formula is C16H21FN6O2. The van der Waals surface area contributed by atoms with E-state index in [-0.39, 0.29) is 17.4 Å². The topological polar surface area (TPSA) is 136 Å². The zero-order valence-corrected chi connectivity index (χ0v) is 13.7. The number of carbonyl (C=O) groups is 1. The van der Waals surface area contributed by atoms with Gasteiger partial charge in [-0.05, 0) is 38.2 Å². The van der Waals surface area contributed by atoms with Crippen LogP contribution in [0.5, 0.6) is 0 Å². The smallest absolute Gasteiger partial charge is 0.358 e. The second-order valence-electron chi connectivity index (χ2n) is 6.30. The van der Waals surface area contributed by atoms with Crippen molar-refractivity contribution in [2.24, 2.45) is 5.73 Å². The van der Waals surface area contributed by atoms with Crippen molar-refractivity contribution in [3.63, 3.8) is 0 Å². The molecule has 0 saturated heterocycles. The summed E-state index contributed by atoms with van der Waals surface area (Å²) in [6, 6.07) is 0. The second kappa shape index (κ2) is 6.96. The number of nitrogen functional groups attached to an aromatic ring is 1. The van der Waals surface area contributed by atoms with Crippen LogP contribution in [-0.2, 0) is 6.54 Å². The number of aromatic carboxylic acids is 1. The van der Waals surface area contributed by atoms with Crippen molar-refractivity contribution in [2.45, 2.75) is 44.6 Å². The lowest BCUT2D eigenvalue weighted by atomic mass is 10.1. The summed E-state index contributed by atoms with van der Waals surface area (Å²) in [5, 5.41) is 16.1. The molecule has 0 aromatic carbocycles. The first-order chi connectivity index (χ1) is 12.0. The molecule has 0 spiro atoms. The number of aromatic amines is 1. The van der Waals surface area contributed by atoms with Crippen LogP contribution in [0, 0.1) is 5.82 Å². The molecule has 0 aliphatic heterocycles. The number of carboxylic acid groups (broad SMARTS) is 1. The van der Waals surface area contributed by atoms with E-state index in [0.717, 1.165) is 25.7 Å². The molecule has 0 unspecified atom stereocenters. The maximum Gasteiger partial charge on any atom is 0.358 e. The Hall–Kier alpha value is -2.84. The minimum Gasteiger partial charge on any atom is -0.476 e. The van der Waals surface area contributed by atoms with Crippen molar-refractivity contribution in [3.8, 4) is 0 Å². The molecule has 2 heterocycles. The highest BCUT2D eigenvalue weighted by atomic mass is 19.1. The Morgan fingerprint density at radius 1 is 1.48 bits per heavy atom. The van der Waals surface area contributed by atoms with Crippen molar-refractivity contribution < 1.29 is 14.3 Å². The molecule has 1 aliphatic rings. The lowest BCUT2D eigenvalue weighted by molar-refractivity contribution is 0.0690. The summed E-state index contributed by atoms with van der Waals surface area (Å²) in [4.78, 5) is 13.6. The van der Waals surface area contributed by atoms with Gasteiger partial charge in [0, 0.05) is 18.2 Å². The molecule has 2 aromatic rings. The molecule has 0 amide bonds. The first-order valence-corrected chi connectivity index (χ1v) is 8.22. The zero-order chi connectivity index (χ0) is 18.0. The SMILES string of the molecule is N/C(=C\c1c(N)[nH]c(C2CC2)c1F)CCCCn1cc(C(=O)O)nn1. The third-order valence-corrected chi connectivity index (χ3v) is 4.21. The first kappa shape index (κ1) is 17.0. The summed E-state index contributed by atoms with van der Waals surface area (Å²) < 4.78 is 15.8. The molecule has 6 N–H and O–H groups in total. The molecule has 1 saturated carbocycles. The molecule has 9 heteroatoms. The fourth-order valence-corrected chi connectivity index (χ4v) is 2.69. The molecule has 3 rings (SSSR count). The van der Waals surface area contributed by atoms with Crippen molar-refractivity contribution in [1.82, 2.24) is 20.0 Å². The van der Waals surface area contributed by atoms with Gasteiger partial charge in [-0.15, -0.1) is 5.10 Å². The highest BCUT2D eigenvalue weighted by Crippen LogP contribution is 2.42. The highest BCUT2D eigenvalue weighted by molar-refractivity contribution is 5.84. The van der Waals surface area contributed by atoms with Crippen LogP contribution in [0.1, 0.15) is 59.8 Å². The van der Waals surface area contributed by atoms with Gasteiger partial charge >= 0.3 is 5.97 Å². The molecule has 1 fully saturated rings. The van der Waals surface area contributed by atoms with E-state index >= 15 is 0 Å². The maximum absolute atomic E-state index is 14.3. The number of carboxylic acids is 1. The van der Waals surface area contributed by atoms with Crippen LogP contribution in [0.4, 0.5) is 10.2 Å². The van der Waals surface area contributed by atoms with Crippen LogP contribution in [0.15, 0.2) is 11.9 Å².